The number of anilines is 2. The fourth-order valence-corrected chi connectivity index (χ4v) is 5.51. The van der Waals surface area contributed by atoms with Crippen LogP contribution in [0.3, 0.4) is 0 Å². The predicted molar refractivity (Wildman–Crippen MR) is 134 cm³/mol. The highest BCUT2D eigenvalue weighted by Gasteiger charge is 2.25. The van der Waals surface area contributed by atoms with Crippen molar-refractivity contribution in [3.63, 3.8) is 0 Å². The van der Waals surface area contributed by atoms with Crippen LogP contribution in [0, 0.1) is 23.1 Å². The van der Waals surface area contributed by atoms with Gasteiger partial charge in [-0.15, -0.1) is 11.3 Å². The van der Waals surface area contributed by atoms with E-state index in [1.807, 2.05) is 0 Å². The lowest BCUT2D eigenvalue weighted by atomic mass is 9.89. The lowest BCUT2D eigenvalue weighted by molar-refractivity contribution is -0.119. The standard InChI is InChI=1S/C27H26FN3O3S/c1-17-6-11-20-22(15-29)26(35-24(20)14-17)31-25(32)16-34-27(33)21-4-2-3-5-23(21)30-13-12-18-7-9-19(28)10-8-18/h2-5,7-10,17,30H,6,11-14,16H2,1H3,(H,31,32). The fourth-order valence-electron chi connectivity index (χ4n) is 4.14. The fraction of sp³-hybridized carbons (Fsp3) is 0.296. The van der Waals surface area contributed by atoms with Gasteiger partial charge in [-0.1, -0.05) is 31.2 Å². The van der Waals surface area contributed by atoms with E-state index in [4.69, 9.17) is 4.74 Å². The number of thiophene rings is 1. The van der Waals surface area contributed by atoms with Crippen LogP contribution in [-0.4, -0.2) is 25.0 Å². The van der Waals surface area contributed by atoms with E-state index in [1.165, 1.54) is 23.5 Å². The van der Waals surface area contributed by atoms with Crippen LogP contribution in [0.1, 0.15) is 45.3 Å². The van der Waals surface area contributed by atoms with Crippen molar-refractivity contribution in [2.45, 2.75) is 32.6 Å². The van der Waals surface area contributed by atoms with Crippen molar-refractivity contribution in [3.8, 4) is 6.07 Å². The van der Waals surface area contributed by atoms with E-state index in [-0.39, 0.29) is 5.82 Å². The van der Waals surface area contributed by atoms with E-state index < -0.39 is 18.5 Å². The number of benzene rings is 2. The molecule has 0 spiro atoms. The highest BCUT2D eigenvalue weighted by Crippen LogP contribution is 2.39. The predicted octanol–water partition coefficient (Wildman–Crippen LogP) is 5.33. The third-order valence-electron chi connectivity index (χ3n) is 6.00. The molecule has 1 amide bonds. The second-order valence-electron chi connectivity index (χ2n) is 8.64. The number of carbonyl (C=O) groups is 2. The summed E-state index contributed by atoms with van der Waals surface area (Å²) in [6.45, 7) is 2.27. The maximum atomic E-state index is 13.1. The lowest BCUT2D eigenvalue weighted by Gasteiger charge is -2.17. The van der Waals surface area contributed by atoms with Gasteiger partial charge in [0.25, 0.3) is 5.91 Å². The molecule has 1 unspecified atom stereocenters. The molecule has 0 saturated carbocycles. The number of esters is 1. The minimum Gasteiger partial charge on any atom is -0.452 e. The SMILES string of the molecule is CC1CCc2c(sc(NC(=O)COC(=O)c3ccccc3NCCc3ccc(F)cc3)c2C#N)C1. The quantitative estimate of drug-likeness (QED) is 0.416. The van der Waals surface area contributed by atoms with Crippen molar-refractivity contribution in [1.29, 1.82) is 5.26 Å². The molecule has 180 valence electrons. The highest BCUT2D eigenvalue weighted by molar-refractivity contribution is 7.16. The van der Waals surface area contributed by atoms with E-state index in [9.17, 15) is 19.2 Å². The molecule has 3 aromatic rings. The zero-order valence-corrected chi connectivity index (χ0v) is 20.2. The molecule has 0 saturated heterocycles. The van der Waals surface area contributed by atoms with Gasteiger partial charge in [-0.3, -0.25) is 4.79 Å². The number of hydrogen-bond acceptors (Lipinski definition) is 6. The molecule has 8 heteroatoms. The van der Waals surface area contributed by atoms with Crippen LogP contribution in [-0.2, 0) is 28.8 Å². The number of nitriles is 1. The first-order valence-corrected chi connectivity index (χ1v) is 12.3. The van der Waals surface area contributed by atoms with Crippen LogP contribution in [0.4, 0.5) is 15.1 Å². The molecule has 1 aromatic heterocycles. The number of nitrogens with zero attached hydrogens (tertiary/aromatic N) is 1. The summed E-state index contributed by atoms with van der Waals surface area (Å²) in [6, 6.07) is 15.4. The summed E-state index contributed by atoms with van der Waals surface area (Å²) in [5.41, 5.74) is 3.43. The van der Waals surface area contributed by atoms with Gasteiger partial charge >= 0.3 is 5.97 Å². The van der Waals surface area contributed by atoms with Crippen LogP contribution in [0.5, 0.6) is 0 Å². The van der Waals surface area contributed by atoms with Gasteiger partial charge in [0.05, 0.1) is 11.1 Å². The molecule has 1 aliphatic rings. The van der Waals surface area contributed by atoms with Crippen molar-refractivity contribution in [1.82, 2.24) is 0 Å². The molecule has 35 heavy (non-hydrogen) atoms. The Kier molecular flexibility index (Phi) is 7.78. The number of ether oxygens (including phenoxy) is 1. The van der Waals surface area contributed by atoms with E-state index in [2.05, 4.69) is 23.6 Å². The monoisotopic (exact) mass is 491 g/mol. The van der Waals surface area contributed by atoms with Crippen molar-refractivity contribution in [3.05, 3.63) is 81.5 Å². The summed E-state index contributed by atoms with van der Waals surface area (Å²) < 4.78 is 18.3. The zero-order valence-electron chi connectivity index (χ0n) is 19.4. The van der Waals surface area contributed by atoms with E-state index in [0.717, 1.165) is 35.3 Å². The van der Waals surface area contributed by atoms with Gasteiger partial charge in [-0.2, -0.15) is 5.26 Å². The Morgan fingerprint density at radius 1 is 1.20 bits per heavy atom. The zero-order chi connectivity index (χ0) is 24.8. The number of para-hydroxylation sites is 1. The molecule has 4 rings (SSSR count). The van der Waals surface area contributed by atoms with Gasteiger partial charge in [0.1, 0.15) is 16.9 Å². The number of hydrogen-bond donors (Lipinski definition) is 2. The number of halogens is 1. The largest absolute Gasteiger partial charge is 0.452 e. The third kappa shape index (κ3) is 6.06. The minimum absolute atomic E-state index is 0.282. The Morgan fingerprint density at radius 3 is 2.74 bits per heavy atom. The maximum Gasteiger partial charge on any atom is 0.340 e. The average molecular weight is 492 g/mol. The van der Waals surface area contributed by atoms with Gasteiger partial charge in [0.15, 0.2) is 6.61 Å². The van der Waals surface area contributed by atoms with Crippen LogP contribution in [0.2, 0.25) is 0 Å². The molecule has 0 radical (unpaired) electrons. The summed E-state index contributed by atoms with van der Waals surface area (Å²) in [5, 5.41) is 16.1. The van der Waals surface area contributed by atoms with Crippen LogP contribution in [0.25, 0.3) is 0 Å². The molecule has 6 nitrogen and oxygen atoms in total. The first kappa shape index (κ1) is 24.4. The van der Waals surface area contributed by atoms with Crippen molar-refractivity contribution in [2.24, 2.45) is 5.92 Å². The van der Waals surface area contributed by atoms with Crippen LogP contribution < -0.4 is 10.6 Å². The molecular weight excluding hydrogens is 465 g/mol. The van der Waals surface area contributed by atoms with E-state index >= 15 is 0 Å². The molecule has 0 bridgehead atoms. The lowest BCUT2D eigenvalue weighted by Crippen LogP contribution is -2.21. The van der Waals surface area contributed by atoms with Gasteiger partial charge in [-0.05, 0) is 67.0 Å². The van der Waals surface area contributed by atoms with Crippen molar-refractivity contribution < 1.29 is 18.7 Å². The Morgan fingerprint density at radius 2 is 1.97 bits per heavy atom. The molecular formula is C27H26FN3O3S. The number of nitrogens with one attached hydrogen (secondary N) is 2. The second-order valence-corrected chi connectivity index (χ2v) is 9.75. The first-order valence-electron chi connectivity index (χ1n) is 11.5. The van der Waals surface area contributed by atoms with Crippen molar-refractivity contribution >= 4 is 33.9 Å². The smallest absolute Gasteiger partial charge is 0.340 e. The van der Waals surface area contributed by atoms with Gasteiger partial charge in [0, 0.05) is 17.1 Å². The average Bonchev–Trinajstić information content (AvgIpc) is 3.19. The van der Waals surface area contributed by atoms with E-state index in [1.54, 1.807) is 36.4 Å². The Hall–Kier alpha value is -3.70. The van der Waals surface area contributed by atoms with Gasteiger partial charge < -0.3 is 15.4 Å². The topological polar surface area (TPSA) is 91.2 Å². The van der Waals surface area contributed by atoms with Gasteiger partial charge in [-0.25, -0.2) is 9.18 Å². The highest BCUT2D eigenvalue weighted by atomic mass is 32.1. The normalized spacial score (nSPS) is 14.5. The maximum absolute atomic E-state index is 13.1. The molecule has 2 aromatic carbocycles. The van der Waals surface area contributed by atoms with E-state index in [0.29, 0.717) is 40.7 Å². The molecule has 1 aliphatic carbocycles. The number of amides is 1. The summed E-state index contributed by atoms with van der Waals surface area (Å²) >= 11 is 1.43. The minimum atomic E-state index is -0.621. The first-order chi connectivity index (χ1) is 16.9. The number of rotatable bonds is 8. The Balaban J connectivity index is 1.33. The van der Waals surface area contributed by atoms with Crippen LogP contribution in [0.15, 0.2) is 48.5 Å². The summed E-state index contributed by atoms with van der Waals surface area (Å²) in [6.07, 6.45) is 3.42. The summed E-state index contributed by atoms with van der Waals surface area (Å²) in [7, 11) is 0. The molecule has 1 heterocycles. The summed E-state index contributed by atoms with van der Waals surface area (Å²) in [4.78, 5) is 26.3. The summed E-state index contributed by atoms with van der Waals surface area (Å²) in [5.74, 6) is -0.828. The van der Waals surface area contributed by atoms with Gasteiger partial charge in [0.2, 0.25) is 0 Å². The molecule has 0 fully saturated rings. The second kappa shape index (κ2) is 11.2. The van der Waals surface area contributed by atoms with Crippen molar-refractivity contribution in [2.75, 3.05) is 23.8 Å². The Labute approximate surface area is 207 Å². The third-order valence-corrected chi connectivity index (χ3v) is 7.17. The molecule has 0 aliphatic heterocycles. The Bertz CT molecular complexity index is 1260. The molecule has 1 atom stereocenters. The van der Waals surface area contributed by atoms with Crippen LogP contribution >= 0.6 is 11.3 Å². The number of carbonyl (C=O) groups excluding carboxylic acids is 2. The number of fused-ring (bicyclic) bond motifs is 1. The molecule has 2 N–H and O–H groups in total.